The third-order valence-electron chi connectivity index (χ3n) is 9.81. The molecule has 0 spiro atoms. The molecule has 188 valence electrons. The molecule has 0 amide bonds. The van der Waals surface area contributed by atoms with Gasteiger partial charge >= 0.3 is 0 Å². The minimum Gasteiger partial charge on any atom is -0.507 e. The Labute approximate surface area is 203 Å². The van der Waals surface area contributed by atoms with E-state index in [1.54, 1.807) is 4.31 Å². The largest absolute Gasteiger partial charge is 0.507 e. The SMILES string of the molecule is Cc1ccc2c(c1O)C[C@@H](C1CCN(S(=O)(=O)C[C@]34CCC(CC3=O)C4(C)C)CC1)O[C@H]2CN. The van der Waals surface area contributed by atoms with Crippen molar-refractivity contribution in [2.24, 2.45) is 28.4 Å². The van der Waals surface area contributed by atoms with Crippen molar-refractivity contribution in [3.8, 4) is 5.75 Å². The van der Waals surface area contributed by atoms with Crippen LogP contribution in [0.2, 0.25) is 0 Å². The van der Waals surface area contributed by atoms with E-state index in [4.69, 9.17) is 10.5 Å². The van der Waals surface area contributed by atoms with Crippen molar-refractivity contribution in [1.82, 2.24) is 4.31 Å². The van der Waals surface area contributed by atoms with Crippen LogP contribution in [-0.2, 0) is 26.0 Å². The van der Waals surface area contributed by atoms with Crippen LogP contribution in [0, 0.1) is 29.6 Å². The van der Waals surface area contributed by atoms with Crippen molar-refractivity contribution in [3.05, 3.63) is 28.8 Å². The number of fused-ring (bicyclic) bond motifs is 3. The molecule has 4 aliphatic rings. The smallest absolute Gasteiger partial charge is 0.215 e. The number of sulfonamides is 1. The molecule has 2 aliphatic heterocycles. The Balaban J connectivity index is 1.28. The quantitative estimate of drug-likeness (QED) is 0.656. The summed E-state index contributed by atoms with van der Waals surface area (Å²) in [5.74, 6) is 0.921. The Morgan fingerprint density at radius 1 is 1.18 bits per heavy atom. The molecule has 2 heterocycles. The van der Waals surface area contributed by atoms with Gasteiger partial charge in [0.05, 0.1) is 18.0 Å². The zero-order chi connectivity index (χ0) is 24.5. The van der Waals surface area contributed by atoms with E-state index in [0.717, 1.165) is 23.1 Å². The molecule has 1 aromatic carbocycles. The van der Waals surface area contributed by atoms with E-state index in [0.29, 0.717) is 63.4 Å². The number of aryl methyl sites for hydroxylation is 1. The van der Waals surface area contributed by atoms with Crippen LogP contribution < -0.4 is 5.73 Å². The maximum Gasteiger partial charge on any atom is 0.215 e. The lowest BCUT2D eigenvalue weighted by Crippen LogP contribution is -2.49. The summed E-state index contributed by atoms with van der Waals surface area (Å²) in [7, 11) is -3.53. The maximum absolute atomic E-state index is 13.5. The highest BCUT2D eigenvalue weighted by Crippen LogP contribution is 2.64. The van der Waals surface area contributed by atoms with Crippen molar-refractivity contribution in [3.63, 3.8) is 0 Å². The monoisotopic (exact) mass is 490 g/mol. The normalized spacial score (nSPS) is 33.9. The number of nitrogens with two attached hydrogens (primary N) is 1. The van der Waals surface area contributed by atoms with Gasteiger partial charge in [0.25, 0.3) is 0 Å². The van der Waals surface area contributed by atoms with E-state index in [2.05, 4.69) is 13.8 Å². The van der Waals surface area contributed by atoms with Gasteiger partial charge in [-0.25, -0.2) is 12.7 Å². The zero-order valence-corrected chi connectivity index (χ0v) is 21.4. The van der Waals surface area contributed by atoms with E-state index in [1.165, 1.54) is 0 Å². The highest BCUT2D eigenvalue weighted by molar-refractivity contribution is 7.89. The molecule has 1 aromatic rings. The second-order valence-corrected chi connectivity index (χ2v) is 13.5. The summed E-state index contributed by atoms with van der Waals surface area (Å²) < 4.78 is 34.9. The molecule has 34 heavy (non-hydrogen) atoms. The van der Waals surface area contributed by atoms with Crippen LogP contribution in [0.1, 0.15) is 68.7 Å². The lowest BCUT2D eigenvalue weighted by atomic mass is 9.70. The summed E-state index contributed by atoms with van der Waals surface area (Å²) in [4.78, 5) is 12.9. The number of piperidine rings is 1. The summed E-state index contributed by atoms with van der Waals surface area (Å²) in [6, 6.07) is 3.89. The fourth-order valence-corrected chi connectivity index (χ4v) is 9.57. The van der Waals surface area contributed by atoms with Crippen LogP contribution >= 0.6 is 0 Å². The molecule has 0 radical (unpaired) electrons. The number of hydrogen-bond donors (Lipinski definition) is 2. The van der Waals surface area contributed by atoms with E-state index in [1.807, 2.05) is 19.1 Å². The Morgan fingerprint density at radius 3 is 2.47 bits per heavy atom. The number of nitrogens with zero attached hydrogens (tertiary/aromatic N) is 1. The molecule has 0 aromatic heterocycles. The van der Waals surface area contributed by atoms with Gasteiger partial charge in [0.1, 0.15) is 11.5 Å². The van der Waals surface area contributed by atoms with Gasteiger partial charge in [0.2, 0.25) is 10.0 Å². The fraction of sp³-hybridized carbons (Fsp3) is 0.731. The third-order valence-corrected chi connectivity index (χ3v) is 11.8. The number of phenolic OH excluding ortho intramolecular Hbond substituents is 1. The maximum atomic E-state index is 13.5. The summed E-state index contributed by atoms with van der Waals surface area (Å²) >= 11 is 0. The number of carbonyl (C=O) groups excluding carboxylic acids is 1. The number of benzene rings is 1. The van der Waals surface area contributed by atoms with Crippen LogP contribution in [0.3, 0.4) is 0 Å². The number of ketones is 1. The summed E-state index contributed by atoms with van der Waals surface area (Å²) in [5.41, 5.74) is 7.73. The molecule has 2 bridgehead atoms. The molecular formula is C26H38N2O5S. The average molecular weight is 491 g/mol. The fourth-order valence-electron chi connectivity index (χ4n) is 7.32. The first kappa shape index (κ1) is 24.2. The number of rotatable bonds is 5. The first-order valence-corrected chi connectivity index (χ1v) is 14.3. The molecule has 1 unspecified atom stereocenters. The molecular weight excluding hydrogens is 452 g/mol. The molecule has 8 heteroatoms. The Bertz CT molecular complexity index is 1090. The minimum atomic E-state index is -3.53. The van der Waals surface area contributed by atoms with Crippen molar-refractivity contribution in [2.45, 2.75) is 71.5 Å². The van der Waals surface area contributed by atoms with Gasteiger partial charge in [-0.1, -0.05) is 26.0 Å². The van der Waals surface area contributed by atoms with Crippen molar-refractivity contribution in [2.75, 3.05) is 25.4 Å². The highest BCUT2D eigenvalue weighted by Gasteiger charge is 2.65. The van der Waals surface area contributed by atoms with E-state index in [-0.39, 0.29) is 35.1 Å². The predicted octanol–water partition coefficient (Wildman–Crippen LogP) is 3.08. The van der Waals surface area contributed by atoms with Crippen molar-refractivity contribution >= 4 is 15.8 Å². The van der Waals surface area contributed by atoms with Gasteiger partial charge < -0.3 is 15.6 Å². The molecule has 1 saturated heterocycles. The Kier molecular flexibility index (Phi) is 5.90. The summed E-state index contributed by atoms with van der Waals surface area (Å²) in [6.07, 6.45) is 3.84. The highest BCUT2D eigenvalue weighted by atomic mass is 32.2. The molecule has 5 rings (SSSR count). The first-order valence-electron chi connectivity index (χ1n) is 12.7. The zero-order valence-electron chi connectivity index (χ0n) is 20.5. The van der Waals surface area contributed by atoms with Crippen molar-refractivity contribution in [1.29, 1.82) is 0 Å². The van der Waals surface area contributed by atoms with Gasteiger partial charge in [-0.2, -0.15) is 0 Å². The van der Waals surface area contributed by atoms with Crippen LogP contribution in [0.5, 0.6) is 5.75 Å². The van der Waals surface area contributed by atoms with Crippen molar-refractivity contribution < 1.29 is 23.1 Å². The number of Topliss-reactive ketones (excluding diaryl/α,β-unsaturated/α-hetero) is 1. The number of aromatic hydroxyl groups is 1. The topological polar surface area (TPSA) is 110 Å². The summed E-state index contributed by atoms with van der Waals surface area (Å²) in [5, 5.41) is 10.7. The number of phenols is 1. The standard InChI is InChI=1S/C26H38N2O5S/c1-16-4-5-19-20(24(16)30)13-21(33-22(19)14-27)17-7-10-28(11-8-17)34(31,32)15-26-9-6-18(12-23(26)29)25(26,2)3/h4-5,17-18,21-22,30H,6-15,27H2,1-3H3/t18?,21-,22-,26+/m0/s1. The molecule has 7 nitrogen and oxygen atoms in total. The van der Waals surface area contributed by atoms with E-state index < -0.39 is 15.4 Å². The lowest BCUT2D eigenvalue weighted by molar-refractivity contribution is -0.128. The minimum absolute atomic E-state index is 0.0529. The molecule has 4 atom stereocenters. The van der Waals surface area contributed by atoms with E-state index in [9.17, 15) is 18.3 Å². The Hall–Kier alpha value is -1.48. The average Bonchev–Trinajstić information content (AvgIpc) is 3.15. The number of hydrogen-bond acceptors (Lipinski definition) is 6. The van der Waals surface area contributed by atoms with Gasteiger partial charge in [-0.15, -0.1) is 0 Å². The van der Waals surface area contributed by atoms with Crippen LogP contribution in [-0.4, -0.2) is 55.1 Å². The van der Waals surface area contributed by atoms with Gasteiger partial charge in [0, 0.05) is 43.5 Å². The third kappa shape index (κ3) is 3.55. The molecule has 3 N–H and O–H groups in total. The van der Waals surface area contributed by atoms with Crippen LogP contribution in [0.4, 0.5) is 0 Å². The second kappa shape index (κ2) is 8.29. The van der Waals surface area contributed by atoms with Gasteiger partial charge in [-0.3, -0.25) is 4.79 Å². The molecule has 2 saturated carbocycles. The van der Waals surface area contributed by atoms with Gasteiger partial charge in [-0.05, 0) is 61.0 Å². The molecule has 2 aliphatic carbocycles. The molecule has 3 fully saturated rings. The van der Waals surface area contributed by atoms with Crippen LogP contribution in [0.15, 0.2) is 12.1 Å². The van der Waals surface area contributed by atoms with E-state index >= 15 is 0 Å². The number of carbonyl (C=O) groups is 1. The number of ether oxygens (including phenoxy) is 1. The summed E-state index contributed by atoms with van der Waals surface area (Å²) in [6.45, 7) is 7.29. The van der Waals surface area contributed by atoms with Crippen LogP contribution in [0.25, 0.3) is 0 Å². The lowest BCUT2D eigenvalue weighted by Gasteiger charge is -2.41. The second-order valence-electron chi connectivity index (χ2n) is 11.6. The first-order chi connectivity index (χ1) is 16.0. The van der Waals surface area contributed by atoms with Gasteiger partial charge in [0.15, 0.2) is 0 Å². The predicted molar refractivity (Wildman–Crippen MR) is 130 cm³/mol. The Morgan fingerprint density at radius 2 is 1.88 bits per heavy atom.